The number of unbranched alkanes of at least 4 members (excludes halogenated alkanes) is 1. The molecule has 1 heterocycles. The molecule has 0 unspecified atom stereocenters. The number of nitrogens with zero attached hydrogens (tertiary/aromatic N) is 2. The topological polar surface area (TPSA) is 54.9 Å². The number of hydrogen-bond acceptors (Lipinski definition) is 4. The van der Waals surface area contributed by atoms with Gasteiger partial charge in [-0.15, -0.1) is 10.2 Å². The molecule has 0 saturated carbocycles. The van der Waals surface area contributed by atoms with Crippen molar-refractivity contribution in [3.63, 3.8) is 0 Å². The van der Waals surface area contributed by atoms with E-state index in [1.165, 1.54) is 41.3 Å². The van der Waals surface area contributed by atoms with Crippen LogP contribution in [0.4, 0.5) is 5.69 Å². The number of carbonyl (C=O) groups excluding carboxylic acids is 1. The molecular formula is C24H27N3OS. The molecule has 0 aliphatic heterocycles. The van der Waals surface area contributed by atoms with Crippen molar-refractivity contribution >= 4 is 23.4 Å². The lowest BCUT2D eigenvalue weighted by molar-refractivity contribution is -0.113. The Morgan fingerprint density at radius 3 is 2.45 bits per heavy atom. The minimum atomic E-state index is -0.0448. The van der Waals surface area contributed by atoms with Gasteiger partial charge >= 0.3 is 0 Å². The van der Waals surface area contributed by atoms with Crippen molar-refractivity contribution in [3.8, 4) is 11.3 Å². The number of aromatic nitrogens is 2. The minimum Gasteiger partial charge on any atom is -0.325 e. The molecule has 1 aromatic heterocycles. The number of nitrogens with one attached hydrogen (secondary N) is 1. The molecule has 0 spiro atoms. The molecular weight excluding hydrogens is 378 g/mol. The summed E-state index contributed by atoms with van der Waals surface area (Å²) in [7, 11) is 0. The van der Waals surface area contributed by atoms with Crippen molar-refractivity contribution < 1.29 is 4.79 Å². The van der Waals surface area contributed by atoms with Gasteiger partial charge in [-0.1, -0.05) is 61.0 Å². The zero-order valence-electron chi connectivity index (χ0n) is 17.2. The average Bonchev–Trinajstić information content (AvgIpc) is 2.72. The van der Waals surface area contributed by atoms with Gasteiger partial charge < -0.3 is 5.32 Å². The summed E-state index contributed by atoms with van der Waals surface area (Å²) < 4.78 is 0. The first-order valence-corrected chi connectivity index (χ1v) is 11.0. The van der Waals surface area contributed by atoms with Crippen molar-refractivity contribution in [2.45, 2.75) is 45.1 Å². The normalized spacial score (nSPS) is 10.7. The molecule has 0 fully saturated rings. The average molecular weight is 406 g/mol. The standard InChI is InChI=1S/C24H27N3OS/c1-4-5-6-19-8-10-20(11-9-19)25-23(28)16-29-24-14-13-22(26-27-24)21-12-7-17(2)15-18(21)3/h7-15H,4-6,16H2,1-3H3,(H,25,28). The molecule has 0 saturated heterocycles. The highest BCUT2D eigenvalue weighted by Crippen LogP contribution is 2.24. The fourth-order valence-corrected chi connectivity index (χ4v) is 3.73. The Morgan fingerprint density at radius 2 is 1.79 bits per heavy atom. The van der Waals surface area contributed by atoms with Crippen LogP contribution in [0.2, 0.25) is 0 Å². The number of hydrogen-bond donors (Lipinski definition) is 1. The third-order valence-corrected chi connectivity index (χ3v) is 5.63. The first kappa shape index (κ1) is 21.1. The van der Waals surface area contributed by atoms with Gasteiger partial charge in [0.25, 0.3) is 0 Å². The second-order valence-electron chi connectivity index (χ2n) is 7.21. The summed E-state index contributed by atoms with van der Waals surface area (Å²) >= 11 is 1.39. The quantitative estimate of drug-likeness (QED) is 0.479. The number of rotatable bonds is 8. The predicted octanol–water partition coefficient (Wildman–Crippen LogP) is 5.83. The first-order valence-electron chi connectivity index (χ1n) is 9.98. The summed E-state index contributed by atoms with van der Waals surface area (Å²) in [6.07, 6.45) is 3.45. The van der Waals surface area contributed by atoms with Gasteiger partial charge in [-0.2, -0.15) is 0 Å². The summed E-state index contributed by atoms with van der Waals surface area (Å²) in [5.74, 6) is 0.256. The van der Waals surface area contributed by atoms with Gasteiger partial charge in [0.05, 0.1) is 11.4 Å². The third-order valence-electron chi connectivity index (χ3n) is 4.71. The largest absolute Gasteiger partial charge is 0.325 e. The number of aryl methyl sites for hydroxylation is 3. The molecule has 3 rings (SSSR count). The van der Waals surface area contributed by atoms with E-state index in [4.69, 9.17) is 0 Å². The van der Waals surface area contributed by atoms with E-state index in [0.29, 0.717) is 5.75 Å². The fourth-order valence-electron chi connectivity index (χ4n) is 3.11. The van der Waals surface area contributed by atoms with E-state index in [2.05, 4.69) is 66.6 Å². The van der Waals surface area contributed by atoms with Gasteiger partial charge in [-0.25, -0.2) is 0 Å². The van der Waals surface area contributed by atoms with Gasteiger partial charge in [0.15, 0.2) is 0 Å². The van der Waals surface area contributed by atoms with E-state index in [1.807, 2.05) is 24.3 Å². The molecule has 150 valence electrons. The van der Waals surface area contributed by atoms with Crippen LogP contribution in [-0.2, 0) is 11.2 Å². The van der Waals surface area contributed by atoms with E-state index in [-0.39, 0.29) is 5.91 Å². The van der Waals surface area contributed by atoms with Gasteiger partial charge in [0.2, 0.25) is 5.91 Å². The maximum atomic E-state index is 12.2. The lowest BCUT2D eigenvalue weighted by Crippen LogP contribution is -2.14. The highest BCUT2D eigenvalue weighted by Gasteiger charge is 2.08. The number of amides is 1. The monoisotopic (exact) mass is 405 g/mol. The lowest BCUT2D eigenvalue weighted by atomic mass is 10.0. The summed E-state index contributed by atoms with van der Waals surface area (Å²) in [5, 5.41) is 12.3. The van der Waals surface area contributed by atoms with Crippen LogP contribution in [-0.4, -0.2) is 21.9 Å². The Morgan fingerprint density at radius 1 is 1.00 bits per heavy atom. The molecule has 5 heteroatoms. The molecule has 0 atom stereocenters. The second kappa shape index (κ2) is 10.2. The van der Waals surface area contributed by atoms with E-state index in [9.17, 15) is 4.79 Å². The number of carbonyl (C=O) groups is 1. The zero-order chi connectivity index (χ0) is 20.6. The minimum absolute atomic E-state index is 0.0448. The highest BCUT2D eigenvalue weighted by atomic mass is 32.2. The van der Waals surface area contributed by atoms with Gasteiger partial charge in [-0.3, -0.25) is 4.79 Å². The smallest absolute Gasteiger partial charge is 0.234 e. The molecule has 1 N–H and O–H groups in total. The summed E-state index contributed by atoms with van der Waals surface area (Å²) in [6, 6.07) is 18.3. The molecule has 3 aromatic rings. The molecule has 0 aliphatic rings. The maximum Gasteiger partial charge on any atom is 0.234 e. The van der Waals surface area contributed by atoms with Crippen LogP contribution in [0.3, 0.4) is 0 Å². The second-order valence-corrected chi connectivity index (χ2v) is 8.21. The SMILES string of the molecule is CCCCc1ccc(NC(=O)CSc2ccc(-c3ccc(C)cc3C)nn2)cc1. The van der Waals surface area contributed by atoms with Crippen LogP contribution in [0, 0.1) is 13.8 Å². The highest BCUT2D eigenvalue weighted by molar-refractivity contribution is 7.99. The fraction of sp³-hybridized carbons (Fsp3) is 0.292. The van der Waals surface area contributed by atoms with Gasteiger partial charge in [0, 0.05) is 11.3 Å². The Hall–Kier alpha value is -2.66. The molecule has 0 bridgehead atoms. The van der Waals surface area contributed by atoms with E-state index in [1.54, 1.807) is 0 Å². The van der Waals surface area contributed by atoms with Crippen LogP contribution in [0.25, 0.3) is 11.3 Å². The van der Waals surface area contributed by atoms with Crippen molar-refractivity contribution in [1.29, 1.82) is 0 Å². The van der Waals surface area contributed by atoms with Crippen LogP contribution < -0.4 is 5.32 Å². The van der Waals surface area contributed by atoms with E-state index in [0.717, 1.165) is 28.4 Å². The van der Waals surface area contributed by atoms with Crippen molar-refractivity contribution in [2.75, 3.05) is 11.1 Å². The van der Waals surface area contributed by atoms with Crippen molar-refractivity contribution in [2.24, 2.45) is 0 Å². The van der Waals surface area contributed by atoms with Crippen LogP contribution in [0.5, 0.6) is 0 Å². The molecule has 0 radical (unpaired) electrons. The molecule has 2 aromatic carbocycles. The predicted molar refractivity (Wildman–Crippen MR) is 121 cm³/mol. The zero-order valence-corrected chi connectivity index (χ0v) is 18.1. The summed E-state index contributed by atoms with van der Waals surface area (Å²) in [5.41, 5.74) is 6.47. The molecule has 4 nitrogen and oxygen atoms in total. The van der Waals surface area contributed by atoms with Crippen molar-refractivity contribution in [3.05, 3.63) is 71.3 Å². The Balaban J connectivity index is 1.52. The first-order chi connectivity index (χ1) is 14.0. The van der Waals surface area contributed by atoms with Gasteiger partial charge in [-0.05, 0) is 62.1 Å². The molecule has 29 heavy (non-hydrogen) atoms. The van der Waals surface area contributed by atoms with E-state index < -0.39 is 0 Å². The van der Waals surface area contributed by atoms with Gasteiger partial charge in [0.1, 0.15) is 5.03 Å². The molecule has 1 amide bonds. The summed E-state index contributed by atoms with van der Waals surface area (Å²) in [4.78, 5) is 12.2. The van der Waals surface area contributed by atoms with E-state index >= 15 is 0 Å². The van der Waals surface area contributed by atoms with Crippen LogP contribution in [0.15, 0.2) is 59.6 Å². The number of anilines is 1. The van der Waals surface area contributed by atoms with Crippen molar-refractivity contribution in [1.82, 2.24) is 10.2 Å². The number of thioether (sulfide) groups is 1. The maximum absolute atomic E-state index is 12.2. The van der Waals surface area contributed by atoms with Crippen LogP contribution >= 0.6 is 11.8 Å². The Bertz CT molecular complexity index is 953. The third kappa shape index (κ3) is 6.16. The Labute approximate surface area is 177 Å². The summed E-state index contributed by atoms with van der Waals surface area (Å²) in [6.45, 7) is 6.34. The Kier molecular flexibility index (Phi) is 7.42. The lowest BCUT2D eigenvalue weighted by Gasteiger charge is -2.07. The number of benzene rings is 2. The van der Waals surface area contributed by atoms with Crippen LogP contribution in [0.1, 0.15) is 36.5 Å². The molecule has 0 aliphatic carbocycles.